The van der Waals surface area contributed by atoms with Gasteiger partial charge in [0, 0.05) is 13.2 Å². The molecule has 0 amide bonds. The highest BCUT2D eigenvalue weighted by atomic mass is 19.3. The Balaban J connectivity index is 2.13. The molecule has 1 heterocycles. The SMILES string of the molecule is CCC1OCCC1CNCC(F)F. The average molecular weight is 193 g/mol. The maximum absolute atomic E-state index is 11.8. The maximum atomic E-state index is 11.8. The summed E-state index contributed by atoms with van der Waals surface area (Å²) in [5, 5.41) is 2.76. The first-order chi connectivity index (χ1) is 6.24. The summed E-state index contributed by atoms with van der Waals surface area (Å²) >= 11 is 0. The minimum absolute atomic E-state index is 0.201. The van der Waals surface area contributed by atoms with Gasteiger partial charge >= 0.3 is 0 Å². The van der Waals surface area contributed by atoms with Crippen molar-refractivity contribution >= 4 is 0 Å². The van der Waals surface area contributed by atoms with Crippen molar-refractivity contribution < 1.29 is 13.5 Å². The van der Waals surface area contributed by atoms with E-state index in [2.05, 4.69) is 12.2 Å². The van der Waals surface area contributed by atoms with Crippen molar-refractivity contribution in [2.24, 2.45) is 5.92 Å². The molecule has 0 aromatic carbocycles. The van der Waals surface area contributed by atoms with Crippen molar-refractivity contribution in [1.82, 2.24) is 5.32 Å². The molecule has 2 nitrogen and oxygen atoms in total. The summed E-state index contributed by atoms with van der Waals surface area (Å²) in [4.78, 5) is 0. The van der Waals surface area contributed by atoms with Crippen LogP contribution in [-0.2, 0) is 4.74 Å². The summed E-state index contributed by atoms with van der Waals surface area (Å²) in [5.41, 5.74) is 0. The van der Waals surface area contributed by atoms with Crippen LogP contribution in [0, 0.1) is 5.92 Å². The first-order valence-electron chi connectivity index (χ1n) is 4.84. The van der Waals surface area contributed by atoms with E-state index < -0.39 is 6.43 Å². The lowest BCUT2D eigenvalue weighted by molar-refractivity contribution is 0.0847. The van der Waals surface area contributed by atoms with Gasteiger partial charge in [0.1, 0.15) is 0 Å². The fraction of sp³-hybridized carbons (Fsp3) is 1.00. The van der Waals surface area contributed by atoms with Gasteiger partial charge in [-0.2, -0.15) is 0 Å². The number of rotatable bonds is 5. The van der Waals surface area contributed by atoms with E-state index in [1.54, 1.807) is 0 Å². The summed E-state index contributed by atoms with van der Waals surface area (Å²) in [5.74, 6) is 0.420. The Kier molecular flexibility index (Phi) is 4.59. The predicted molar refractivity (Wildman–Crippen MR) is 47.0 cm³/mol. The molecule has 1 N–H and O–H groups in total. The first-order valence-corrected chi connectivity index (χ1v) is 4.84. The van der Waals surface area contributed by atoms with Gasteiger partial charge in [-0.15, -0.1) is 0 Å². The van der Waals surface area contributed by atoms with Gasteiger partial charge in [-0.05, 0) is 18.8 Å². The topological polar surface area (TPSA) is 21.3 Å². The van der Waals surface area contributed by atoms with Gasteiger partial charge in [-0.1, -0.05) is 6.92 Å². The molecule has 0 radical (unpaired) electrons. The molecule has 78 valence electrons. The highest BCUT2D eigenvalue weighted by Crippen LogP contribution is 2.22. The van der Waals surface area contributed by atoms with Crippen LogP contribution >= 0.6 is 0 Å². The average Bonchev–Trinajstić information content (AvgIpc) is 2.51. The molecule has 0 aliphatic carbocycles. The Labute approximate surface area is 77.6 Å². The lowest BCUT2D eigenvalue weighted by Gasteiger charge is -2.16. The number of alkyl halides is 2. The van der Waals surface area contributed by atoms with E-state index in [4.69, 9.17) is 4.74 Å². The van der Waals surface area contributed by atoms with Gasteiger partial charge in [0.05, 0.1) is 12.6 Å². The summed E-state index contributed by atoms with van der Waals surface area (Å²) in [6, 6.07) is 0. The van der Waals surface area contributed by atoms with Gasteiger partial charge in [0.15, 0.2) is 0 Å². The molecule has 0 aromatic rings. The zero-order chi connectivity index (χ0) is 9.68. The van der Waals surface area contributed by atoms with Crippen LogP contribution in [0.4, 0.5) is 8.78 Å². The molecule has 1 aliphatic rings. The second kappa shape index (κ2) is 5.50. The molecule has 1 fully saturated rings. The Hall–Kier alpha value is -0.220. The van der Waals surface area contributed by atoms with E-state index in [1.165, 1.54) is 0 Å². The summed E-state index contributed by atoms with van der Waals surface area (Å²) in [6.45, 7) is 3.30. The Morgan fingerprint density at radius 1 is 1.54 bits per heavy atom. The molecule has 0 saturated carbocycles. The Morgan fingerprint density at radius 3 is 2.92 bits per heavy atom. The molecule has 0 spiro atoms. The number of nitrogens with one attached hydrogen (secondary N) is 1. The van der Waals surface area contributed by atoms with E-state index in [1.807, 2.05) is 0 Å². The highest BCUT2D eigenvalue weighted by molar-refractivity contribution is 4.76. The van der Waals surface area contributed by atoms with Gasteiger partial charge in [-0.3, -0.25) is 0 Å². The van der Waals surface area contributed by atoms with Gasteiger partial charge in [0.2, 0.25) is 0 Å². The van der Waals surface area contributed by atoms with Crippen LogP contribution in [0.1, 0.15) is 19.8 Å². The Morgan fingerprint density at radius 2 is 2.31 bits per heavy atom. The van der Waals surface area contributed by atoms with Gasteiger partial charge < -0.3 is 10.1 Å². The lowest BCUT2D eigenvalue weighted by Crippen LogP contribution is -2.31. The second-order valence-electron chi connectivity index (χ2n) is 3.42. The van der Waals surface area contributed by atoms with Crippen molar-refractivity contribution in [3.05, 3.63) is 0 Å². The standard InChI is InChI=1S/C9H17F2NO/c1-2-8-7(3-4-13-8)5-12-6-9(10)11/h7-9,12H,2-6H2,1H3. The quantitative estimate of drug-likeness (QED) is 0.717. The molecule has 2 unspecified atom stereocenters. The van der Waals surface area contributed by atoms with Crippen LogP contribution in [-0.4, -0.2) is 32.2 Å². The van der Waals surface area contributed by atoms with Crippen molar-refractivity contribution in [3.8, 4) is 0 Å². The molecule has 1 aliphatic heterocycles. The summed E-state index contributed by atoms with van der Waals surface area (Å²) in [6.07, 6.45) is -0.0111. The predicted octanol–water partition coefficient (Wildman–Crippen LogP) is 1.66. The smallest absolute Gasteiger partial charge is 0.250 e. The van der Waals surface area contributed by atoms with Crippen LogP contribution < -0.4 is 5.32 Å². The Bertz CT molecular complexity index is 144. The molecule has 1 rings (SSSR count). The van der Waals surface area contributed by atoms with Crippen LogP contribution in [0.5, 0.6) is 0 Å². The van der Waals surface area contributed by atoms with Crippen LogP contribution in [0.3, 0.4) is 0 Å². The van der Waals surface area contributed by atoms with Crippen molar-refractivity contribution in [2.75, 3.05) is 19.7 Å². The first kappa shape index (κ1) is 10.9. The zero-order valence-electron chi connectivity index (χ0n) is 7.93. The van der Waals surface area contributed by atoms with E-state index in [9.17, 15) is 8.78 Å². The minimum Gasteiger partial charge on any atom is -0.378 e. The largest absolute Gasteiger partial charge is 0.378 e. The van der Waals surface area contributed by atoms with Gasteiger partial charge in [-0.25, -0.2) is 8.78 Å². The van der Waals surface area contributed by atoms with Crippen molar-refractivity contribution in [2.45, 2.75) is 32.3 Å². The van der Waals surface area contributed by atoms with E-state index in [0.29, 0.717) is 12.5 Å². The number of halogens is 2. The fourth-order valence-corrected chi connectivity index (χ4v) is 1.76. The third kappa shape index (κ3) is 3.56. The minimum atomic E-state index is -2.25. The molecule has 1 saturated heterocycles. The normalized spacial score (nSPS) is 28.6. The second-order valence-corrected chi connectivity index (χ2v) is 3.42. The molecular weight excluding hydrogens is 176 g/mol. The molecule has 0 aromatic heterocycles. The molecule has 0 bridgehead atoms. The van der Waals surface area contributed by atoms with Crippen LogP contribution in [0.25, 0.3) is 0 Å². The van der Waals surface area contributed by atoms with Crippen molar-refractivity contribution in [3.63, 3.8) is 0 Å². The molecule has 13 heavy (non-hydrogen) atoms. The van der Waals surface area contributed by atoms with Crippen molar-refractivity contribution in [1.29, 1.82) is 0 Å². The molecular formula is C9H17F2NO. The number of hydrogen-bond acceptors (Lipinski definition) is 2. The van der Waals surface area contributed by atoms with Crippen LogP contribution in [0.15, 0.2) is 0 Å². The highest BCUT2D eigenvalue weighted by Gasteiger charge is 2.26. The summed E-state index contributed by atoms with van der Waals surface area (Å²) in [7, 11) is 0. The molecule has 4 heteroatoms. The zero-order valence-corrected chi connectivity index (χ0v) is 7.93. The van der Waals surface area contributed by atoms with E-state index in [-0.39, 0.29) is 12.6 Å². The molecule has 2 atom stereocenters. The summed E-state index contributed by atoms with van der Waals surface area (Å²) < 4.78 is 29.0. The van der Waals surface area contributed by atoms with E-state index in [0.717, 1.165) is 19.4 Å². The van der Waals surface area contributed by atoms with Gasteiger partial charge in [0.25, 0.3) is 6.43 Å². The monoisotopic (exact) mass is 193 g/mol. The number of hydrogen-bond donors (Lipinski definition) is 1. The third-order valence-corrected chi connectivity index (χ3v) is 2.45. The number of ether oxygens (including phenoxy) is 1. The third-order valence-electron chi connectivity index (χ3n) is 2.45. The van der Waals surface area contributed by atoms with E-state index >= 15 is 0 Å². The maximum Gasteiger partial charge on any atom is 0.250 e. The van der Waals surface area contributed by atoms with Crippen LogP contribution in [0.2, 0.25) is 0 Å². The lowest BCUT2D eigenvalue weighted by atomic mass is 10.00. The fourth-order valence-electron chi connectivity index (χ4n) is 1.76.